The van der Waals surface area contributed by atoms with E-state index in [0.717, 1.165) is 5.56 Å². The molecular weight excluding hydrogens is 340 g/mol. The number of thioether (sulfide) groups is 1. The number of nitrogens with zero attached hydrogens (tertiary/aromatic N) is 1. The summed E-state index contributed by atoms with van der Waals surface area (Å²) in [6.07, 6.45) is 6.11. The molecule has 130 valence electrons. The summed E-state index contributed by atoms with van der Waals surface area (Å²) in [4.78, 5) is 37.5. The molecule has 3 rings (SSSR count). The zero-order chi connectivity index (χ0) is 17.9. The second-order valence-electron chi connectivity index (χ2n) is 5.83. The summed E-state index contributed by atoms with van der Waals surface area (Å²) in [6.45, 7) is -0.320. The maximum absolute atomic E-state index is 12.4. The van der Waals surface area contributed by atoms with Crippen molar-refractivity contribution in [2.45, 2.75) is 23.8 Å². The van der Waals surface area contributed by atoms with Crippen LogP contribution in [0.4, 0.5) is 0 Å². The van der Waals surface area contributed by atoms with Gasteiger partial charge in [-0.1, -0.05) is 36.3 Å². The SMILES string of the molecule is C#CCNC(=O)COC(=O)[C@H]1CS[C@@]2(c3ccccc3)CCC(=O)N12. The third kappa shape index (κ3) is 3.22. The summed E-state index contributed by atoms with van der Waals surface area (Å²) < 4.78 is 5.10. The first kappa shape index (κ1) is 17.4. The third-order valence-corrected chi connectivity index (χ3v) is 5.95. The van der Waals surface area contributed by atoms with E-state index >= 15 is 0 Å². The zero-order valence-corrected chi connectivity index (χ0v) is 14.4. The van der Waals surface area contributed by atoms with Gasteiger partial charge in [0.1, 0.15) is 10.9 Å². The monoisotopic (exact) mass is 358 g/mol. The molecule has 2 amide bonds. The summed E-state index contributed by atoms with van der Waals surface area (Å²) in [5, 5.41) is 2.43. The summed E-state index contributed by atoms with van der Waals surface area (Å²) in [5.74, 6) is 1.64. The van der Waals surface area contributed by atoms with Crippen molar-refractivity contribution in [2.75, 3.05) is 18.9 Å². The standard InChI is InChI=1S/C18H18N2O4S/c1-2-10-19-15(21)11-24-17(23)14-12-25-18(9-8-16(22)20(14)18)13-6-4-3-5-7-13/h1,3-7,14H,8-12H2,(H,19,21)/t14-,18-/m1/s1. The van der Waals surface area contributed by atoms with E-state index in [-0.39, 0.29) is 12.5 Å². The highest BCUT2D eigenvalue weighted by molar-refractivity contribution is 8.00. The first-order valence-electron chi connectivity index (χ1n) is 7.97. The van der Waals surface area contributed by atoms with Gasteiger partial charge >= 0.3 is 5.97 Å². The van der Waals surface area contributed by atoms with Crippen LogP contribution in [0.5, 0.6) is 0 Å². The van der Waals surface area contributed by atoms with Crippen LogP contribution >= 0.6 is 11.8 Å². The van der Waals surface area contributed by atoms with Crippen molar-refractivity contribution in [1.29, 1.82) is 0 Å². The molecule has 0 aliphatic carbocycles. The molecule has 0 unspecified atom stereocenters. The number of ether oxygens (including phenoxy) is 1. The Labute approximate surface area is 150 Å². The smallest absolute Gasteiger partial charge is 0.330 e. The van der Waals surface area contributed by atoms with Gasteiger partial charge in [-0.25, -0.2) is 4.79 Å². The van der Waals surface area contributed by atoms with Crippen LogP contribution in [0.15, 0.2) is 30.3 Å². The molecule has 1 aromatic carbocycles. The number of carbonyl (C=O) groups excluding carboxylic acids is 3. The largest absolute Gasteiger partial charge is 0.454 e. The minimum absolute atomic E-state index is 0.0624. The van der Waals surface area contributed by atoms with Crippen LogP contribution in [0.3, 0.4) is 0 Å². The summed E-state index contributed by atoms with van der Waals surface area (Å²) in [7, 11) is 0. The van der Waals surface area contributed by atoms with Crippen LogP contribution < -0.4 is 5.32 Å². The highest BCUT2D eigenvalue weighted by atomic mass is 32.2. The van der Waals surface area contributed by atoms with Crippen molar-refractivity contribution in [2.24, 2.45) is 0 Å². The Balaban J connectivity index is 1.72. The summed E-state index contributed by atoms with van der Waals surface area (Å²) in [5.41, 5.74) is 1.01. The van der Waals surface area contributed by atoms with Crippen molar-refractivity contribution >= 4 is 29.5 Å². The molecule has 0 aromatic heterocycles. The molecule has 25 heavy (non-hydrogen) atoms. The van der Waals surface area contributed by atoms with E-state index in [1.54, 1.807) is 16.7 Å². The highest BCUT2D eigenvalue weighted by Gasteiger charge is 2.57. The van der Waals surface area contributed by atoms with Gasteiger partial charge in [0, 0.05) is 12.2 Å². The van der Waals surface area contributed by atoms with Crippen LogP contribution in [-0.2, 0) is 24.0 Å². The lowest BCUT2D eigenvalue weighted by atomic mass is 10.0. The van der Waals surface area contributed by atoms with E-state index in [9.17, 15) is 14.4 Å². The van der Waals surface area contributed by atoms with E-state index in [1.807, 2.05) is 30.3 Å². The number of esters is 1. The van der Waals surface area contributed by atoms with E-state index < -0.39 is 29.4 Å². The van der Waals surface area contributed by atoms with Gasteiger partial charge in [0.15, 0.2) is 6.61 Å². The normalized spacial score (nSPS) is 24.5. The van der Waals surface area contributed by atoms with Gasteiger partial charge in [0.25, 0.3) is 5.91 Å². The highest BCUT2D eigenvalue weighted by Crippen LogP contribution is 2.54. The molecule has 2 saturated heterocycles. The van der Waals surface area contributed by atoms with Crippen molar-refractivity contribution in [1.82, 2.24) is 10.2 Å². The van der Waals surface area contributed by atoms with Gasteiger partial charge < -0.3 is 15.0 Å². The summed E-state index contributed by atoms with van der Waals surface area (Å²) in [6, 6.07) is 9.03. The van der Waals surface area contributed by atoms with Crippen LogP contribution in [0.25, 0.3) is 0 Å². The molecule has 2 aliphatic rings. The molecule has 0 bridgehead atoms. The van der Waals surface area contributed by atoms with E-state index in [4.69, 9.17) is 11.2 Å². The molecule has 0 saturated carbocycles. The predicted octanol–water partition coefficient (Wildman–Crippen LogP) is 0.870. The lowest BCUT2D eigenvalue weighted by Gasteiger charge is -2.33. The van der Waals surface area contributed by atoms with Crippen molar-refractivity contribution in [3.63, 3.8) is 0 Å². The van der Waals surface area contributed by atoms with Crippen LogP contribution in [0, 0.1) is 12.3 Å². The second kappa shape index (κ2) is 7.19. The van der Waals surface area contributed by atoms with E-state index in [1.165, 1.54) is 0 Å². The fourth-order valence-corrected chi connectivity index (χ4v) is 4.89. The number of hydrogen-bond donors (Lipinski definition) is 1. The maximum atomic E-state index is 12.4. The number of hydrogen-bond acceptors (Lipinski definition) is 5. The Morgan fingerprint density at radius 3 is 2.88 bits per heavy atom. The van der Waals surface area contributed by atoms with Crippen molar-refractivity contribution in [3.05, 3.63) is 35.9 Å². The molecule has 2 atom stereocenters. The Kier molecular flexibility index (Phi) is 5.00. The van der Waals surface area contributed by atoms with Crippen LogP contribution in [-0.4, -0.2) is 47.6 Å². The van der Waals surface area contributed by atoms with Gasteiger partial charge in [-0.15, -0.1) is 18.2 Å². The minimum Gasteiger partial charge on any atom is -0.454 e. The first-order chi connectivity index (χ1) is 12.1. The molecule has 1 N–H and O–H groups in total. The number of nitrogens with one attached hydrogen (secondary N) is 1. The molecule has 0 radical (unpaired) electrons. The average Bonchev–Trinajstić information content (AvgIpc) is 3.18. The number of terminal acetylenes is 1. The lowest BCUT2D eigenvalue weighted by molar-refractivity contribution is -0.156. The third-order valence-electron chi connectivity index (χ3n) is 4.36. The number of fused-ring (bicyclic) bond motifs is 1. The fourth-order valence-electron chi connectivity index (χ4n) is 3.25. The summed E-state index contributed by atoms with van der Waals surface area (Å²) >= 11 is 1.58. The molecular formula is C18H18N2O4S. The van der Waals surface area contributed by atoms with Crippen molar-refractivity contribution < 1.29 is 19.1 Å². The van der Waals surface area contributed by atoms with Crippen molar-refractivity contribution in [3.8, 4) is 12.3 Å². The average molecular weight is 358 g/mol. The molecule has 2 fully saturated rings. The van der Waals surface area contributed by atoms with Gasteiger partial charge in [0.2, 0.25) is 5.91 Å². The molecule has 2 heterocycles. The van der Waals surface area contributed by atoms with Gasteiger partial charge in [-0.05, 0) is 12.0 Å². The van der Waals surface area contributed by atoms with Gasteiger partial charge in [-0.3, -0.25) is 9.59 Å². The first-order valence-corrected chi connectivity index (χ1v) is 8.95. The number of rotatable bonds is 5. The fraction of sp³-hybridized carbons (Fsp3) is 0.389. The molecule has 6 nitrogen and oxygen atoms in total. The maximum Gasteiger partial charge on any atom is 0.330 e. The molecule has 1 aromatic rings. The Morgan fingerprint density at radius 2 is 2.16 bits per heavy atom. The number of carbonyl (C=O) groups is 3. The van der Waals surface area contributed by atoms with Gasteiger partial charge in [-0.2, -0.15) is 0 Å². The van der Waals surface area contributed by atoms with Gasteiger partial charge in [0.05, 0.1) is 6.54 Å². The quantitative estimate of drug-likeness (QED) is 0.624. The molecule has 2 aliphatic heterocycles. The topological polar surface area (TPSA) is 75.7 Å². The molecule has 0 spiro atoms. The molecule has 7 heteroatoms. The minimum atomic E-state index is -0.680. The number of amides is 2. The Bertz CT molecular complexity index is 730. The second-order valence-corrected chi connectivity index (χ2v) is 7.13. The van der Waals surface area contributed by atoms with Crippen LogP contribution in [0.2, 0.25) is 0 Å². The van der Waals surface area contributed by atoms with E-state index in [0.29, 0.717) is 18.6 Å². The Morgan fingerprint density at radius 1 is 1.40 bits per heavy atom. The number of benzene rings is 1. The van der Waals surface area contributed by atoms with E-state index in [2.05, 4.69) is 11.2 Å². The zero-order valence-electron chi connectivity index (χ0n) is 13.6. The lowest BCUT2D eigenvalue weighted by Crippen LogP contribution is -2.47. The van der Waals surface area contributed by atoms with Crippen LogP contribution in [0.1, 0.15) is 18.4 Å². The predicted molar refractivity (Wildman–Crippen MR) is 93.2 cm³/mol. The Hall–Kier alpha value is -2.46.